The smallest absolute Gasteiger partial charge is 0.269 e. The first-order valence-corrected chi connectivity index (χ1v) is 7.61. The zero-order valence-corrected chi connectivity index (χ0v) is 13.7. The van der Waals surface area contributed by atoms with E-state index in [1.165, 1.54) is 47.2 Å². The first-order valence-electron chi connectivity index (χ1n) is 7.61. The van der Waals surface area contributed by atoms with Crippen molar-refractivity contribution in [1.82, 2.24) is 15.0 Å². The summed E-state index contributed by atoms with van der Waals surface area (Å²) in [6.07, 6.45) is 2.90. The number of benzene rings is 2. The van der Waals surface area contributed by atoms with Crippen molar-refractivity contribution in [3.8, 4) is 5.69 Å². The first kappa shape index (κ1) is 17.2. The topological polar surface area (TPSA) is 90.9 Å². The molecule has 1 aromatic heterocycles. The molecule has 0 unspecified atom stereocenters. The van der Waals surface area contributed by atoms with Gasteiger partial charge in [0.25, 0.3) is 5.69 Å². The van der Waals surface area contributed by atoms with Crippen molar-refractivity contribution >= 4 is 17.5 Å². The van der Waals surface area contributed by atoms with E-state index in [2.05, 4.69) is 10.3 Å². The lowest BCUT2D eigenvalue weighted by atomic mass is 10.1. The Hall–Kier alpha value is -3.68. The fraction of sp³-hybridized carbons (Fsp3) is 0.0556. The number of carbonyl (C=O) groups excluding carboxylic acids is 1. The van der Waals surface area contributed by atoms with Gasteiger partial charge in [0, 0.05) is 12.1 Å². The molecule has 0 amide bonds. The van der Waals surface area contributed by atoms with Gasteiger partial charge in [-0.25, -0.2) is 9.07 Å². The minimum atomic E-state index is -0.493. The van der Waals surface area contributed by atoms with Gasteiger partial charge in [-0.2, -0.15) is 0 Å². The maximum atomic E-state index is 12.9. The van der Waals surface area contributed by atoms with Crippen molar-refractivity contribution in [2.75, 3.05) is 0 Å². The number of aromatic nitrogens is 3. The molecule has 0 bridgehead atoms. The Morgan fingerprint density at radius 1 is 1.15 bits per heavy atom. The quantitative estimate of drug-likeness (QED) is 0.303. The van der Waals surface area contributed by atoms with Crippen LogP contribution in [0, 0.1) is 22.9 Å². The molecule has 0 atom stereocenters. The second kappa shape index (κ2) is 7.06. The number of ketones is 1. The van der Waals surface area contributed by atoms with Crippen LogP contribution >= 0.6 is 0 Å². The highest BCUT2D eigenvalue weighted by Gasteiger charge is 2.16. The van der Waals surface area contributed by atoms with Gasteiger partial charge in [0.15, 0.2) is 5.69 Å². The highest BCUT2D eigenvalue weighted by Crippen LogP contribution is 2.17. The first-order chi connectivity index (χ1) is 12.5. The fourth-order valence-corrected chi connectivity index (χ4v) is 2.34. The summed E-state index contributed by atoms with van der Waals surface area (Å²) in [5, 5.41) is 18.5. The molecule has 0 saturated heterocycles. The number of nitro groups is 1. The Morgan fingerprint density at radius 3 is 2.42 bits per heavy atom. The molecule has 7 nitrogen and oxygen atoms in total. The molecule has 0 N–H and O–H groups in total. The van der Waals surface area contributed by atoms with Gasteiger partial charge < -0.3 is 0 Å². The third kappa shape index (κ3) is 3.54. The second-order valence-electron chi connectivity index (χ2n) is 5.46. The van der Waals surface area contributed by atoms with Gasteiger partial charge >= 0.3 is 0 Å². The molecule has 3 rings (SSSR count). The van der Waals surface area contributed by atoms with E-state index >= 15 is 0 Å². The van der Waals surface area contributed by atoms with E-state index in [4.69, 9.17) is 0 Å². The van der Waals surface area contributed by atoms with Crippen LogP contribution in [0.4, 0.5) is 10.1 Å². The standard InChI is InChI=1S/C18H13FN4O3/c1-12-18(17(24)11-4-13-2-5-14(19)6-3-13)20-21-22(12)15-7-9-16(10-8-15)23(25)26/h2-11H,1H3/b11-4+. The summed E-state index contributed by atoms with van der Waals surface area (Å²) in [7, 11) is 0. The number of non-ortho nitro benzene ring substituents is 1. The molecule has 0 aliphatic carbocycles. The van der Waals surface area contributed by atoms with Gasteiger partial charge in [0.05, 0.1) is 16.3 Å². The van der Waals surface area contributed by atoms with Gasteiger partial charge in [0.2, 0.25) is 5.78 Å². The number of hydrogen-bond acceptors (Lipinski definition) is 5. The molecule has 0 aliphatic rings. The summed E-state index contributed by atoms with van der Waals surface area (Å²) in [6, 6.07) is 11.5. The van der Waals surface area contributed by atoms with E-state index in [1.54, 1.807) is 25.1 Å². The van der Waals surface area contributed by atoms with Crippen LogP contribution in [0.25, 0.3) is 11.8 Å². The highest BCUT2D eigenvalue weighted by atomic mass is 19.1. The summed E-state index contributed by atoms with van der Waals surface area (Å²) in [5.41, 5.74) is 1.88. The summed E-state index contributed by atoms with van der Waals surface area (Å²) in [5.74, 6) is -0.699. The highest BCUT2D eigenvalue weighted by molar-refractivity contribution is 6.06. The minimum absolute atomic E-state index is 0.0370. The third-order valence-corrected chi connectivity index (χ3v) is 3.73. The van der Waals surface area contributed by atoms with Gasteiger partial charge in [-0.05, 0) is 42.8 Å². The van der Waals surface area contributed by atoms with Crippen LogP contribution in [0.15, 0.2) is 54.6 Å². The van der Waals surface area contributed by atoms with Crippen LogP contribution < -0.4 is 0 Å². The van der Waals surface area contributed by atoms with E-state index in [9.17, 15) is 19.3 Å². The normalized spacial score (nSPS) is 11.0. The molecule has 0 saturated carbocycles. The SMILES string of the molecule is Cc1c(C(=O)/C=C/c2ccc(F)cc2)nnn1-c1ccc([N+](=O)[O-])cc1. The predicted molar refractivity (Wildman–Crippen MR) is 92.5 cm³/mol. The number of halogens is 1. The maximum Gasteiger partial charge on any atom is 0.269 e. The molecule has 130 valence electrons. The average Bonchev–Trinajstić information content (AvgIpc) is 3.02. The Labute approximate surface area is 147 Å². The van der Waals surface area contributed by atoms with Crippen LogP contribution in [0.5, 0.6) is 0 Å². The Bertz CT molecular complexity index is 992. The van der Waals surface area contributed by atoms with Crippen molar-refractivity contribution in [2.24, 2.45) is 0 Å². The monoisotopic (exact) mass is 352 g/mol. The number of hydrogen-bond donors (Lipinski definition) is 0. The molecule has 0 radical (unpaired) electrons. The maximum absolute atomic E-state index is 12.9. The van der Waals surface area contributed by atoms with Crippen LogP contribution in [-0.4, -0.2) is 25.7 Å². The Morgan fingerprint density at radius 2 is 1.81 bits per heavy atom. The minimum Gasteiger partial charge on any atom is -0.287 e. The van der Waals surface area contributed by atoms with Crippen molar-refractivity contribution in [3.63, 3.8) is 0 Å². The van der Waals surface area contributed by atoms with Crippen molar-refractivity contribution in [2.45, 2.75) is 6.92 Å². The average molecular weight is 352 g/mol. The van der Waals surface area contributed by atoms with Crippen LogP contribution in [0.1, 0.15) is 21.7 Å². The molecule has 3 aromatic rings. The van der Waals surface area contributed by atoms with E-state index < -0.39 is 4.92 Å². The lowest BCUT2D eigenvalue weighted by Gasteiger charge is -2.02. The molecular formula is C18H13FN4O3. The molecular weight excluding hydrogens is 339 g/mol. The van der Waals surface area contributed by atoms with Crippen LogP contribution in [0.3, 0.4) is 0 Å². The summed E-state index contributed by atoms with van der Waals surface area (Å²) in [6.45, 7) is 1.68. The summed E-state index contributed by atoms with van der Waals surface area (Å²) < 4.78 is 14.3. The second-order valence-corrected chi connectivity index (χ2v) is 5.46. The number of allylic oxidation sites excluding steroid dienone is 1. The van der Waals surface area contributed by atoms with E-state index in [0.717, 1.165) is 0 Å². The van der Waals surface area contributed by atoms with Gasteiger partial charge in [0.1, 0.15) is 5.82 Å². The molecule has 0 spiro atoms. The fourth-order valence-electron chi connectivity index (χ4n) is 2.34. The third-order valence-electron chi connectivity index (χ3n) is 3.73. The van der Waals surface area contributed by atoms with Gasteiger partial charge in [-0.3, -0.25) is 14.9 Å². The van der Waals surface area contributed by atoms with Gasteiger partial charge in [-0.15, -0.1) is 5.10 Å². The van der Waals surface area contributed by atoms with Crippen molar-refractivity contribution in [1.29, 1.82) is 0 Å². The molecule has 2 aromatic carbocycles. The van der Waals surface area contributed by atoms with Crippen LogP contribution in [0.2, 0.25) is 0 Å². The number of nitrogens with zero attached hydrogens (tertiary/aromatic N) is 4. The van der Waals surface area contributed by atoms with E-state index in [1.807, 2.05) is 0 Å². The zero-order chi connectivity index (χ0) is 18.7. The number of carbonyl (C=O) groups is 1. The van der Waals surface area contributed by atoms with E-state index in [0.29, 0.717) is 16.9 Å². The number of rotatable bonds is 5. The molecule has 26 heavy (non-hydrogen) atoms. The lowest BCUT2D eigenvalue weighted by Crippen LogP contribution is -2.02. The van der Waals surface area contributed by atoms with Gasteiger partial charge in [-0.1, -0.05) is 23.4 Å². The molecule has 8 heteroatoms. The zero-order valence-electron chi connectivity index (χ0n) is 13.7. The van der Waals surface area contributed by atoms with Crippen molar-refractivity contribution in [3.05, 3.63) is 87.5 Å². The summed E-state index contributed by atoms with van der Waals surface area (Å²) >= 11 is 0. The van der Waals surface area contributed by atoms with E-state index in [-0.39, 0.29) is 23.0 Å². The number of nitro benzene ring substituents is 1. The Balaban J connectivity index is 1.82. The lowest BCUT2D eigenvalue weighted by molar-refractivity contribution is -0.384. The molecule has 0 aliphatic heterocycles. The predicted octanol–water partition coefficient (Wildman–Crippen LogP) is 3.52. The molecule has 0 fully saturated rings. The largest absolute Gasteiger partial charge is 0.287 e. The van der Waals surface area contributed by atoms with Crippen molar-refractivity contribution < 1.29 is 14.1 Å². The Kier molecular flexibility index (Phi) is 4.66. The molecule has 1 heterocycles. The van der Waals surface area contributed by atoms with Crippen LogP contribution in [-0.2, 0) is 0 Å². The summed E-state index contributed by atoms with van der Waals surface area (Å²) in [4.78, 5) is 22.5.